The lowest BCUT2D eigenvalue weighted by Crippen LogP contribution is -2.02. The van der Waals surface area contributed by atoms with E-state index in [1.54, 1.807) is 0 Å². The fourth-order valence-electron chi connectivity index (χ4n) is 2.34. The third-order valence-electron chi connectivity index (χ3n) is 3.19. The van der Waals surface area contributed by atoms with Crippen molar-refractivity contribution in [2.75, 3.05) is 6.61 Å². The van der Waals surface area contributed by atoms with Crippen LogP contribution in [-0.4, -0.2) is 11.7 Å². The summed E-state index contributed by atoms with van der Waals surface area (Å²) in [6, 6.07) is 5.90. The summed E-state index contributed by atoms with van der Waals surface area (Å²) in [5, 5.41) is 12.8. The van der Waals surface area contributed by atoms with E-state index in [1.165, 1.54) is 16.9 Å². The second-order valence-corrected chi connectivity index (χ2v) is 6.77. The van der Waals surface area contributed by atoms with Crippen LogP contribution in [0.1, 0.15) is 22.1 Å². The summed E-state index contributed by atoms with van der Waals surface area (Å²) < 4.78 is 6.70. The summed E-state index contributed by atoms with van der Waals surface area (Å²) in [7, 11) is 0. The van der Waals surface area contributed by atoms with E-state index < -0.39 is 6.10 Å². The molecule has 1 aromatic carbocycles. The molecule has 0 amide bonds. The van der Waals surface area contributed by atoms with E-state index in [0.29, 0.717) is 18.1 Å². The highest BCUT2D eigenvalue weighted by molar-refractivity contribution is 9.10. The molecule has 2 nitrogen and oxygen atoms in total. The van der Waals surface area contributed by atoms with Gasteiger partial charge in [0.05, 0.1) is 22.6 Å². The van der Waals surface area contributed by atoms with Crippen LogP contribution in [-0.2, 0) is 12.8 Å². The molecule has 1 N–H and O–H groups in total. The molecule has 0 bridgehead atoms. The van der Waals surface area contributed by atoms with Gasteiger partial charge in [0.25, 0.3) is 0 Å². The molecule has 0 saturated carbocycles. The Kier molecular flexibility index (Phi) is 3.85. The molecule has 1 aromatic heterocycles. The number of benzene rings is 1. The molecule has 3 rings (SSSR count). The van der Waals surface area contributed by atoms with Crippen LogP contribution in [0, 0.1) is 0 Å². The number of fused-ring (bicyclic) bond motifs is 1. The standard InChI is InChI=1S/C14H12BrClO2S/c15-10-5-8-1-3-18-13(8)9(6-10)7-12(17)14-11(16)2-4-19-14/h2,4-6,12,17H,1,3,7H2. The maximum absolute atomic E-state index is 10.3. The van der Waals surface area contributed by atoms with E-state index in [-0.39, 0.29) is 0 Å². The maximum atomic E-state index is 10.3. The zero-order chi connectivity index (χ0) is 13.4. The molecule has 0 fully saturated rings. The van der Waals surface area contributed by atoms with E-state index in [0.717, 1.165) is 27.1 Å². The minimum absolute atomic E-state index is 0.516. The molecule has 0 spiro atoms. The normalized spacial score (nSPS) is 15.1. The molecular weight excluding hydrogens is 348 g/mol. The van der Waals surface area contributed by atoms with Gasteiger partial charge in [-0.25, -0.2) is 0 Å². The third kappa shape index (κ3) is 2.68. The van der Waals surface area contributed by atoms with Crippen molar-refractivity contribution in [3.05, 3.63) is 49.1 Å². The van der Waals surface area contributed by atoms with Crippen molar-refractivity contribution < 1.29 is 9.84 Å². The number of halogens is 2. The molecule has 1 aliphatic rings. The number of hydrogen-bond donors (Lipinski definition) is 1. The van der Waals surface area contributed by atoms with Gasteiger partial charge in [-0.3, -0.25) is 0 Å². The first-order chi connectivity index (χ1) is 9.15. The van der Waals surface area contributed by atoms with E-state index in [2.05, 4.69) is 22.0 Å². The summed E-state index contributed by atoms with van der Waals surface area (Å²) >= 11 is 11.0. The number of aliphatic hydroxyl groups is 1. The monoisotopic (exact) mass is 358 g/mol. The highest BCUT2D eigenvalue weighted by Gasteiger charge is 2.21. The highest BCUT2D eigenvalue weighted by Crippen LogP contribution is 2.37. The average molecular weight is 360 g/mol. The van der Waals surface area contributed by atoms with Crippen LogP contribution >= 0.6 is 38.9 Å². The summed E-state index contributed by atoms with van der Waals surface area (Å²) in [6.45, 7) is 0.717. The van der Waals surface area contributed by atoms with Gasteiger partial charge in [-0.05, 0) is 34.7 Å². The summed E-state index contributed by atoms with van der Waals surface area (Å²) in [4.78, 5) is 0.813. The minimum Gasteiger partial charge on any atom is -0.493 e. The topological polar surface area (TPSA) is 29.5 Å². The first-order valence-corrected chi connectivity index (χ1v) is 8.05. The molecule has 5 heteroatoms. The molecule has 1 atom stereocenters. The number of thiophene rings is 1. The summed E-state index contributed by atoms with van der Waals surface area (Å²) in [6.07, 6.45) is 0.856. The molecule has 19 heavy (non-hydrogen) atoms. The smallest absolute Gasteiger partial charge is 0.125 e. The number of hydrogen-bond acceptors (Lipinski definition) is 3. The van der Waals surface area contributed by atoms with Crippen LogP contribution < -0.4 is 4.74 Å². The number of aliphatic hydroxyl groups excluding tert-OH is 1. The Hall–Kier alpha value is -0.550. The molecule has 0 saturated heterocycles. The molecule has 100 valence electrons. The Morgan fingerprint density at radius 2 is 2.32 bits per heavy atom. The van der Waals surface area contributed by atoms with Crippen molar-refractivity contribution in [2.45, 2.75) is 18.9 Å². The predicted molar refractivity (Wildman–Crippen MR) is 81.3 cm³/mol. The predicted octanol–water partition coefficient (Wildman–Crippen LogP) is 4.38. The van der Waals surface area contributed by atoms with Crippen molar-refractivity contribution in [2.24, 2.45) is 0 Å². The molecule has 0 aliphatic carbocycles. The van der Waals surface area contributed by atoms with Gasteiger partial charge in [0, 0.05) is 17.3 Å². The highest BCUT2D eigenvalue weighted by atomic mass is 79.9. The van der Waals surface area contributed by atoms with Crippen molar-refractivity contribution in [3.8, 4) is 5.75 Å². The molecule has 1 aliphatic heterocycles. The molecule has 2 aromatic rings. The largest absolute Gasteiger partial charge is 0.493 e. The summed E-state index contributed by atoms with van der Waals surface area (Å²) in [5.41, 5.74) is 2.23. The maximum Gasteiger partial charge on any atom is 0.125 e. The Balaban J connectivity index is 1.90. The number of ether oxygens (including phenoxy) is 1. The van der Waals surface area contributed by atoms with Gasteiger partial charge < -0.3 is 9.84 Å². The van der Waals surface area contributed by atoms with Gasteiger partial charge in [-0.2, -0.15) is 0 Å². The SMILES string of the molecule is OC(Cc1cc(Br)cc2c1OCC2)c1sccc1Cl. The van der Waals surface area contributed by atoms with E-state index in [9.17, 15) is 5.11 Å². The van der Waals surface area contributed by atoms with Crippen molar-refractivity contribution in [3.63, 3.8) is 0 Å². The van der Waals surface area contributed by atoms with Crippen molar-refractivity contribution >= 4 is 38.9 Å². The zero-order valence-corrected chi connectivity index (χ0v) is 13.2. The van der Waals surface area contributed by atoms with Crippen molar-refractivity contribution in [1.82, 2.24) is 0 Å². The van der Waals surface area contributed by atoms with E-state index in [1.807, 2.05) is 17.5 Å². The zero-order valence-electron chi connectivity index (χ0n) is 10.0. The first-order valence-electron chi connectivity index (χ1n) is 6.00. The molecule has 1 unspecified atom stereocenters. The lowest BCUT2D eigenvalue weighted by Gasteiger charge is -2.13. The first kappa shape index (κ1) is 13.4. The minimum atomic E-state index is -0.588. The second-order valence-electron chi connectivity index (χ2n) is 4.50. The fraction of sp³-hybridized carbons (Fsp3) is 0.286. The van der Waals surface area contributed by atoms with E-state index >= 15 is 0 Å². The lowest BCUT2D eigenvalue weighted by atomic mass is 10.0. The van der Waals surface area contributed by atoms with Crippen LogP contribution in [0.25, 0.3) is 0 Å². The Morgan fingerprint density at radius 1 is 1.47 bits per heavy atom. The Bertz CT molecular complexity index is 611. The quantitative estimate of drug-likeness (QED) is 0.881. The van der Waals surface area contributed by atoms with Crippen LogP contribution in [0.5, 0.6) is 5.75 Å². The van der Waals surface area contributed by atoms with Gasteiger partial charge >= 0.3 is 0 Å². The van der Waals surface area contributed by atoms with Crippen molar-refractivity contribution in [1.29, 1.82) is 0 Å². The lowest BCUT2D eigenvalue weighted by molar-refractivity contribution is 0.181. The van der Waals surface area contributed by atoms with Gasteiger partial charge in [-0.15, -0.1) is 11.3 Å². The van der Waals surface area contributed by atoms with Crippen LogP contribution in [0.15, 0.2) is 28.1 Å². The van der Waals surface area contributed by atoms with Gasteiger partial charge in [0.15, 0.2) is 0 Å². The van der Waals surface area contributed by atoms with Crippen LogP contribution in [0.4, 0.5) is 0 Å². The Labute approximate surface area is 129 Å². The fourth-order valence-corrected chi connectivity index (χ4v) is 4.06. The van der Waals surface area contributed by atoms with Crippen LogP contribution in [0.3, 0.4) is 0 Å². The third-order valence-corrected chi connectivity index (χ3v) is 5.10. The van der Waals surface area contributed by atoms with Gasteiger partial charge in [0.1, 0.15) is 5.75 Å². The summed E-state index contributed by atoms with van der Waals surface area (Å²) in [5.74, 6) is 0.926. The average Bonchev–Trinajstić information content (AvgIpc) is 2.97. The molecule has 2 heterocycles. The second kappa shape index (κ2) is 5.44. The van der Waals surface area contributed by atoms with Gasteiger partial charge in [-0.1, -0.05) is 27.5 Å². The number of rotatable bonds is 3. The molecule has 0 radical (unpaired) electrons. The molecular formula is C14H12BrClO2S. The van der Waals surface area contributed by atoms with E-state index in [4.69, 9.17) is 16.3 Å². The van der Waals surface area contributed by atoms with Gasteiger partial charge in [0.2, 0.25) is 0 Å². The van der Waals surface area contributed by atoms with Crippen LogP contribution in [0.2, 0.25) is 5.02 Å². The Morgan fingerprint density at radius 3 is 3.05 bits per heavy atom.